The van der Waals surface area contributed by atoms with E-state index in [9.17, 15) is 9.18 Å². The molecule has 1 amide bonds. The fourth-order valence-corrected chi connectivity index (χ4v) is 2.97. The van der Waals surface area contributed by atoms with Crippen molar-refractivity contribution in [1.82, 2.24) is 24.8 Å². The molecule has 4 rings (SSSR count). The SMILES string of the molecule is CN(Cc1ccccn1)C(=O)c1cc(-c2cncnc2)nc2ccc(F)cc12. The molecule has 3 heterocycles. The van der Waals surface area contributed by atoms with Gasteiger partial charge in [0, 0.05) is 36.6 Å². The number of nitrogens with zero attached hydrogens (tertiary/aromatic N) is 5. The summed E-state index contributed by atoms with van der Waals surface area (Å²) in [6.45, 7) is 0.336. The Morgan fingerprint density at radius 1 is 1.11 bits per heavy atom. The summed E-state index contributed by atoms with van der Waals surface area (Å²) < 4.78 is 13.9. The molecule has 4 aromatic rings. The molecule has 0 spiro atoms. The van der Waals surface area contributed by atoms with Crippen LogP contribution in [0.5, 0.6) is 0 Å². The third-order valence-corrected chi connectivity index (χ3v) is 4.33. The van der Waals surface area contributed by atoms with Crippen molar-refractivity contribution < 1.29 is 9.18 Å². The van der Waals surface area contributed by atoms with E-state index in [0.717, 1.165) is 5.69 Å². The van der Waals surface area contributed by atoms with Crippen LogP contribution in [0.15, 0.2) is 67.4 Å². The van der Waals surface area contributed by atoms with E-state index in [1.54, 1.807) is 42.7 Å². The van der Waals surface area contributed by atoms with E-state index in [-0.39, 0.29) is 5.91 Å². The average Bonchev–Trinajstić information content (AvgIpc) is 2.74. The number of rotatable bonds is 4. The van der Waals surface area contributed by atoms with E-state index in [4.69, 9.17) is 0 Å². The molecule has 0 saturated carbocycles. The first-order valence-corrected chi connectivity index (χ1v) is 8.63. The molecule has 0 atom stereocenters. The molecule has 138 valence electrons. The van der Waals surface area contributed by atoms with E-state index in [2.05, 4.69) is 19.9 Å². The molecule has 0 aliphatic rings. The Labute approximate surface area is 160 Å². The number of amides is 1. The number of halogens is 1. The van der Waals surface area contributed by atoms with Crippen LogP contribution in [0.25, 0.3) is 22.2 Å². The van der Waals surface area contributed by atoms with E-state index in [1.807, 2.05) is 18.2 Å². The second-order valence-electron chi connectivity index (χ2n) is 6.33. The molecule has 0 bridgehead atoms. The van der Waals surface area contributed by atoms with Crippen molar-refractivity contribution in [3.63, 3.8) is 0 Å². The molecule has 0 N–H and O–H groups in total. The smallest absolute Gasteiger partial charge is 0.254 e. The van der Waals surface area contributed by atoms with Gasteiger partial charge in [-0.05, 0) is 36.4 Å². The second-order valence-corrected chi connectivity index (χ2v) is 6.33. The van der Waals surface area contributed by atoms with Crippen LogP contribution in [0.4, 0.5) is 4.39 Å². The summed E-state index contributed by atoms with van der Waals surface area (Å²) in [4.78, 5) is 31.5. The Morgan fingerprint density at radius 3 is 2.68 bits per heavy atom. The number of carbonyl (C=O) groups excluding carboxylic acids is 1. The van der Waals surface area contributed by atoms with Gasteiger partial charge in [-0.25, -0.2) is 19.3 Å². The monoisotopic (exact) mass is 373 g/mol. The Kier molecular flexibility index (Phi) is 4.72. The summed E-state index contributed by atoms with van der Waals surface area (Å²) in [6, 6.07) is 11.4. The van der Waals surface area contributed by atoms with Crippen LogP contribution >= 0.6 is 0 Å². The standard InChI is InChI=1S/C21H16FN5O/c1-27(12-16-4-2-3-7-25-16)21(28)18-9-20(14-10-23-13-24-11-14)26-19-6-5-15(22)8-17(18)19/h2-11,13H,12H2,1H3. The van der Waals surface area contributed by atoms with Crippen LogP contribution < -0.4 is 0 Å². The van der Waals surface area contributed by atoms with E-state index < -0.39 is 5.82 Å². The maximum absolute atomic E-state index is 13.9. The molecule has 0 saturated heterocycles. The lowest BCUT2D eigenvalue weighted by molar-refractivity contribution is 0.0785. The third-order valence-electron chi connectivity index (χ3n) is 4.33. The van der Waals surface area contributed by atoms with E-state index in [0.29, 0.717) is 34.3 Å². The van der Waals surface area contributed by atoms with Gasteiger partial charge >= 0.3 is 0 Å². The summed E-state index contributed by atoms with van der Waals surface area (Å²) in [6.07, 6.45) is 6.35. The topological polar surface area (TPSA) is 71.9 Å². The van der Waals surface area contributed by atoms with Crippen molar-refractivity contribution in [2.75, 3.05) is 7.05 Å². The first-order chi connectivity index (χ1) is 13.6. The minimum absolute atomic E-state index is 0.248. The molecule has 1 aromatic carbocycles. The van der Waals surface area contributed by atoms with Crippen molar-refractivity contribution in [2.45, 2.75) is 6.54 Å². The zero-order valence-corrected chi connectivity index (χ0v) is 15.1. The lowest BCUT2D eigenvalue weighted by Crippen LogP contribution is -2.27. The average molecular weight is 373 g/mol. The zero-order chi connectivity index (χ0) is 19.5. The molecule has 28 heavy (non-hydrogen) atoms. The van der Waals surface area contributed by atoms with E-state index in [1.165, 1.54) is 18.5 Å². The van der Waals surface area contributed by atoms with Crippen LogP contribution in [0, 0.1) is 5.82 Å². The van der Waals surface area contributed by atoms with Gasteiger partial charge in [-0.2, -0.15) is 0 Å². The fraction of sp³-hybridized carbons (Fsp3) is 0.0952. The van der Waals surface area contributed by atoms with Crippen LogP contribution in [0.2, 0.25) is 0 Å². The van der Waals surface area contributed by atoms with Gasteiger partial charge in [0.25, 0.3) is 5.91 Å². The molecular formula is C21H16FN5O. The van der Waals surface area contributed by atoms with Crippen molar-refractivity contribution >= 4 is 16.8 Å². The van der Waals surface area contributed by atoms with Gasteiger partial charge in [-0.15, -0.1) is 0 Å². The second kappa shape index (κ2) is 7.48. The molecule has 0 radical (unpaired) electrons. The molecule has 0 aliphatic heterocycles. The number of hydrogen-bond donors (Lipinski definition) is 0. The third kappa shape index (κ3) is 3.55. The molecule has 0 aliphatic carbocycles. The minimum atomic E-state index is -0.425. The van der Waals surface area contributed by atoms with Gasteiger partial charge in [0.05, 0.1) is 29.0 Å². The van der Waals surface area contributed by atoms with Crippen LogP contribution in [-0.2, 0) is 6.54 Å². The predicted octanol–water partition coefficient (Wildman–Crippen LogP) is 3.50. The van der Waals surface area contributed by atoms with Crippen LogP contribution in [0.1, 0.15) is 16.1 Å². The molecule has 7 heteroatoms. The highest BCUT2D eigenvalue weighted by Crippen LogP contribution is 2.26. The number of carbonyl (C=O) groups is 1. The lowest BCUT2D eigenvalue weighted by atomic mass is 10.0. The normalized spacial score (nSPS) is 10.8. The van der Waals surface area contributed by atoms with Gasteiger partial charge in [0.1, 0.15) is 12.1 Å². The molecular weight excluding hydrogens is 357 g/mol. The number of aromatic nitrogens is 4. The highest BCUT2D eigenvalue weighted by Gasteiger charge is 2.19. The summed E-state index contributed by atoms with van der Waals surface area (Å²) in [5, 5.41) is 0.457. The summed E-state index contributed by atoms with van der Waals surface area (Å²) in [5.74, 6) is -0.673. The van der Waals surface area contributed by atoms with Gasteiger partial charge in [-0.1, -0.05) is 6.07 Å². The van der Waals surface area contributed by atoms with Crippen molar-refractivity contribution in [2.24, 2.45) is 0 Å². The molecule has 0 unspecified atom stereocenters. The fourth-order valence-electron chi connectivity index (χ4n) is 2.97. The Balaban J connectivity index is 1.79. The Morgan fingerprint density at radius 2 is 1.93 bits per heavy atom. The molecule has 6 nitrogen and oxygen atoms in total. The first kappa shape index (κ1) is 17.7. The van der Waals surface area contributed by atoms with Crippen molar-refractivity contribution in [3.8, 4) is 11.3 Å². The summed E-state index contributed by atoms with van der Waals surface area (Å²) in [7, 11) is 1.69. The van der Waals surface area contributed by atoms with Crippen molar-refractivity contribution in [3.05, 3.63) is 84.5 Å². The number of benzene rings is 1. The zero-order valence-electron chi connectivity index (χ0n) is 15.1. The Hall–Kier alpha value is -3.74. The largest absolute Gasteiger partial charge is 0.336 e. The number of pyridine rings is 2. The van der Waals surface area contributed by atoms with Gasteiger partial charge in [0.2, 0.25) is 0 Å². The lowest BCUT2D eigenvalue weighted by Gasteiger charge is -2.18. The maximum atomic E-state index is 13.9. The molecule has 0 fully saturated rings. The maximum Gasteiger partial charge on any atom is 0.254 e. The van der Waals surface area contributed by atoms with E-state index >= 15 is 0 Å². The highest BCUT2D eigenvalue weighted by molar-refractivity contribution is 6.07. The quantitative estimate of drug-likeness (QED) is 0.547. The minimum Gasteiger partial charge on any atom is -0.336 e. The van der Waals surface area contributed by atoms with Gasteiger partial charge in [0.15, 0.2) is 0 Å². The van der Waals surface area contributed by atoms with Crippen LogP contribution in [0.3, 0.4) is 0 Å². The van der Waals surface area contributed by atoms with Gasteiger partial charge in [-0.3, -0.25) is 9.78 Å². The van der Waals surface area contributed by atoms with Crippen molar-refractivity contribution in [1.29, 1.82) is 0 Å². The van der Waals surface area contributed by atoms with Gasteiger partial charge < -0.3 is 4.90 Å². The Bertz CT molecular complexity index is 1140. The first-order valence-electron chi connectivity index (χ1n) is 8.63. The number of fused-ring (bicyclic) bond motifs is 1. The van der Waals surface area contributed by atoms with Crippen LogP contribution in [-0.4, -0.2) is 37.8 Å². The highest BCUT2D eigenvalue weighted by atomic mass is 19.1. The number of hydrogen-bond acceptors (Lipinski definition) is 5. The summed E-state index contributed by atoms with van der Waals surface area (Å²) in [5.41, 5.74) is 2.88. The molecule has 3 aromatic heterocycles. The predicted molar refractivity (Wildman–Crippen MR) is 103 cm³/mol. The summed E-state index contributed by atoms with van der Waals surface area (Å²) >= 11 is 0.